The highest BCUT2D eigenvalue weighted by atomic mass is 32.2. The standard InChI is InChI=1S/C12H19N3OS/c1-2-17-12-14-7-10(8-15-12)6-13-9-11-4-3-5-16-11/h7-8,11,13H,2-6,9H2,1H3/t11-/m1/s1. The Hall–Kier alpha value is -0.650. The summed E-state index contributed by atoms with van der Waals surface area (Å²) in [5.41, 5.74) is 1.13. The molecule has 0 spiro atoms. The summed E-state index contributed by atoms with van der Waals surface area (Å²) in [5, 5.41) is 4.24. The third-order valence-corrected chi connectivity index (χ3v) is 3.44. The zero-order valence-corrected chi connectivity index (χ0v) is 11.0. The topological polar surface area (TPSA) is 47.0 Å². The molecular formula is C12H19N3OS. The van der Waals surface area contributed by atoms with Crippen molar-refractivity contribution in [3.63, 3.8) is 0 Å². The van der Waals surface area contributed by atoms with Gasteiger partial charge in [0.05, 0.1) is 6.10 Å². The van der Waals surface area contributed by atoms with Crippen LogP contribution in [0, 0.1) is 0 Å². The monoisotopic (exact) mass is 253 g/mol. The van der Waals surface area contributed by atoms with E-state index in [1.165, 1.54) is 12.8 Å². The molecule has 1 aliphatic heterocycles. The molecule has 0 unspecified atom stereocenters. The summed E-state index contributed by atoms with van der Waals surface area (Å²) in [5.74, 6) is 1.01. The van der Waals surface area contributed by atoms with E-state index < -0.39 is 0 Å². The quantitative estimate of drug-likeness (QED) is 0.619. The van der Waals surface area contributed by atoms with Gasteiger partial charge in [0, 0.05) is 37.7 Å². The highest BCUT2D eigenvalue weighted by molar-refractivity contribution is 7.99. The van der Waals surface area contributed by atoms with Gasteiger partial charge in [-0.15, -0.1) is 0 Å². The summed E-state index contributed by atoms with van der Waals surface area (Å²) >= 11 is 1.67. The fourth-order valence-electron chi connectivity index (χ4n) is 1.82. The van der Waals surface area contributed by atoms with Crippen molar-refractivity contribution in [3.05, 3.63) is 18.0 Å². The lowest BCUT2D eigenvalue weighted by Crippen LogP contribution is -2.25. The molecular weight excluding hydrogens is 234 g/mol. The van der Waals surface area contributed by atoms with Gasteiger partial charge < -0.3 is 10.1 Å². The molecule has 1 saturated heterocycles. The average Bonchev–Trinajstić information content (AvgIpc) is 2.85. The molecule has 1 fully saturated rings. The van der Waals surface area contributed by atoms with Crippen LogP contribution in [0.25, 0.3) is 0 Å². The van der Waals surface area contributed by atoms with E-state index in [4.69, 9.17) is 4.74 Å². The third-order valence-electron chi connectivity index (χ3n) is 2.68. The summed E-state index contributed by atoms with van der Waals surface area (Å²) in [6, 6.07) is 0. The first-order chi connectivity index (χ1) is 8.38. The van der Waals surface area contributed by atoms with Gasteiger partial charge in [0.1, 0.15) is 0 Å². The van der Waals surface area contributed by atoms with Crippen LogP contribution in [0.3, 0.4) is 0 Å². The first-order valence-corrected chi connectivity index (χ1v) is 7.13. The van der Waals surface area contributed by atoms with Gasteiger partial charge in [-0.3, -0.25) is 0 Å². The molecule has 1 N–H and O–H groups in total. The maximum atomic E-state index is 5.54. The van der Waals surface area contributed by atoms with Gasteiger partial charge in [-0.25, -0.2) is 9.97 Å². The summed E-state index contributed by atoms with van der Waals surface area (Å²) in [7, 11) is 0. The lowest BCUT2D eigenvalue weighted by molar-refractivity contribution is 0.110. The molecule has 1 aromatic heterocycles. The highest BCUT2D eigenvalue weighted by Gasteiger charge is 2.14. The Kier molecular flexibility index (Phi) is 5.22. The number of nitrogens with one attached hydrogen (secondary N) is 1. The van der Waals surface area contributed by atoms with Gasteiger partial charge in [-0.05, 0) is 18.6 Å². The van der Waals surface area contributed by atoms with Crippen molar-refractivity contribution in [2.75, 3.05) is 18.9 Å². The number of ether oxygens (including phenoxy) is 1. The Labute approximate surface area is 107 Å². The van der Waals surface area contributed by atoms with Crippen molar-refractivity contribution < 1.29 is 4.74 Å². The van der Waals surface area contributed by atoms with Crippen molar-refractivity contribution in [1.82, 2.24) is 15.3 Å². The Morgan fingerprint density at radius 3 is 2.94 bits per heavy atom. The molecule has 0 saturated carbocycles. The number of hydrogen-bond donors (Lipinski definition) is 1. The van der Waals surface area contributed by atoms with Crippen LogP contribution < -0.4 is 5.32 Å². The van der Waals surface area contributed by atoms with Gasteiger partial charge in [-0.1, -0.05) is 18.7 Å². The summed E-state index contributed by atoms with van der Waals surface area (Å²) < 4.78 is 5.54. The van der Waals surface area contributed by atoms with Crippen LogP contribution in [-0.4, -0.2) is 35.0 Å². The van der Waals surface area contributed by atoms with Crippen molar-refractivity contribution in [2.24, 2.45) is 0 Å². The zero-order valence-electron chi connectivity index (χ0n) is 10.2. The molecule has 2 heterocycles. The molecule has 0 aliphatic carbocycles. The fourth-order valence-corrected chi connectivity index (χ4v) is 2.33. The molecule has 5 heteroatoms. The van der Waals surface area contributed by atoms with Gasteiger partial charge in [0.2, 0.25) is 0 Å². The molecule has 0 radical (unpaired) electrons. The minimum absolute atomic E-state index is 0.394. The van der Waals surface area contributed by atoms with E-state index in [9.17, 15) is 0 Å². The van der Waals surface area contributed by atoms with Gasteiger partial charge in [-0.2, -0.15) is 0 Å². The molecule has 4 nitrogen and oxygen atoms in total. The van der Waals surface area contributed by atoms with Crippen molar-refractivity contribution in [3.8, 4) is 0 Å². The van der Waals surface area contributed by atoms with Gasteiger partial charge in [0.15, 0.2) is 5.16 Å². The van der Waals surface area contributed by atoms with Gasteiger partial charge in [0.25, 0.3) is 0 Å². The maximum Gasteiger partial charge on any atom is 0.187 e. The molecule has 94 valence electrons. The minimum atomic E-state index is 0.394. The SMILES string of the molecule is CCSc1ncc(CNC[C@H]2CCCO2)cn1. The molecule has 0 aromatic carbocycles. The minimum Gasteiger partial charge on any atom is -0.377 e. The van der Waals surface area contributed by atoms with Crippen LogP contribution >= 0.6 is 11.8 Å². The molecule has 1 atom stereocenters. The zero-order chi connectivity index (χ0) is 11.9. The van der Waals surface area contributed by atoms with E-state index in [-0.39, 0.29) is 0 Å². The Balaban J connectivity index is 1.70. The second-order valence-electron chi connectivity index (χ2n) is 4.07. The second kappa shape index (κ2) is 6.93. The first-order valence-electron chi connectivity index (χ1n) is 6.14. The molecule has 1 aromatic rings. The predicted octanol–water partition coefficient (Wildman–Crippen LogP) is 1.86. The normalized spacial score (nSPS) is 19.7. The van der Waals surface area contributed by atoms with E-state index in [1.807, 2.05) is 12.4 Å². The highest BCUT2D eigenvalue weighted by Crippen LogP contribution is 2.12. The molecule has 0 amide bonds. The van der Waals surface area contributed by atoms with Crippen LogP contribution in [0.2, 0.25) is 0 Å². The summed E-state index contributed by atoms with van der Waals surface area (Å²) in [6.07, 6.45) is 6.56. The average molecular weight is 253 g/mol. The van der Waals surface area contributed by atoms with Crippen LogP contribution in [0.1, 0.15) is 25.3 Å². The number of thioether (sulfide) groups is 1. The molecule has 0 bridgehead atoms. The number of nitrogens with zero attached hydrogens (tertiary/aromatic N) is 2. The lowest BCUT2D eigenvalue weighted by Gasteiger charge is -2.10. The second-order valence-corrected chi connectivity index (χ2v) is 5.30. The Morgan fingerprint density at radius 2 is 2.29 bits per heavy atom. The maximum absolute atomic E-state index is 5.54. The first kappa shape index (κ1) is 12.8. The fraction of sp³-hybridized carbons (Fsp3) is 0.667. The van der Waals surface area contributed by atoms with Gasteiger partial charge >= 0.3 is 0 Å². The van der Waals surface area contributed by atoms with Crippen LogP contribution in [0.15, 0.2) is 17.6 Å². The van der Waals surface area contributed by atoms with E-state index in [1.54, 1.807) is 11.8 Å². The van der Waals surface area contributed by atoms with Crippen molar-refractivity contribution in [2.45, 2.75) is 37.6 Å². The van der Waals surface area contributed by atoms with E-state index in [0.29, 0.717) is 6.10 Å². The molecule has 17 heavy (non-hydrogen) atoms. The third kappa shape index (κ3) is 4.26. The lowest BCUT2D eigenvalue weighted by atomic mass is 10.2. The summed E-state index contributed by atoms with van der Waals surface area (Å²) in [4.78, 5) is 8.60. The van der Waals surface area contributed by atoms with Crippen LogP contribution in [0.4, 0.5) is 0 Å². The number of rotatable bonds is 6. The van der Waals surface area contributed by atoms with E-state index in [2.05, 4.69) is 22.2 Å². The predicted molar refractivity (Wildman–Crippen MR) is 69.1 cm³/mol. The van der Waals surface area contributed by atoms with Crippen LogP contribution in [0.5, 0.6) is 0 Å². The van der Waals surface area contributed by atoms with E-state index >= 15 is 0 Å². The Bertz CT molecular complexity index is 325. The summed E-state index contributed by atoms with van der Waals surface area (Å²) in [6.45, 7) is 4.76. The number of hydrogen-bond acceptors (Lipinski definition) is 5. The molecule has 2 rings (SSSR count). The smallest absolute Gasteiger partial charge is 0.187 e. The van der Waals surface area contributed by atoms with Crippen molar-refractivity contribution in [1.29, 1.82) is 0 Å². The van der Waals surface area contributed by atoms with E-state index in [0.717, 1.165) is 36.2 Å². The van der Waals surface area contributed by atoms with Crippen LogP contribution in [-0.2, 0) is 11.3 Å². The Morgan fingerprint density at radius 1 is 1.47 bits per heavy atom. The largest absolute Gasteiger partial charge is 0.377 e. The number of aromatic nitrogens is 2. The van der Waals surface area contributed by atoms with Crippen molar-refractivity contribution >= 4 is 11.8 Å². The molecule has 1 aliphatic rings.